The average molecular weight is 254 g/mol. The Morgan fingerprint density at radius 2 is 1.22 bits per heavy atom. The summed E-state index contributed by atoms with van der Waals surface area (Å²) in [5, 5.41) is 5.30. The molecule has 0 spiro atoms. The van der Waals surface area contributed by atoms with Gasteiger partial charge >= 0.3 is 11.9 Å². The molecule has 8 nitrogen and oxygen atoms in total. The minimum Gasteiger partial charge on any atom is -0.302 e. The highest BCUT2D eigenvalue weighted by atomic mass is 16.7. The van der Waals surface area contributed by atoms with E-state index in [1.54, 1.807) is 13.8 Å². The number of hydrogen-bond acceptors (Lipinski definition) is 8. The second-order valence-electron chi connectivity index (χ2n) is 2.79. The van der Waals surface area contributed by atoms with E-state index in [4.69, 9.17) is 0 Å². The molecule has 0 bridgehead atoms. The van der Waals surface area contributed by atoms with E-state index in [2.05, 4.69) is 20.0 Å². The lowest BCUT2D eigenvalue weighted by Crippen LogP contribution is -2.13. The number of nitrogens with zero attached hydrogens (tertiary/aromatic N) is 2. The van der Waals surface area contributed by atoms with Gasteiger partial charge in [0, 0.05) is 21.5 Å². The zero-order chi connectivity index (χ0) is 14.0. The van der Waals surface area contributed by atoms with E-state index in [1.807, 2.05) is 0 Å². The lowest BCUT2D eigenvalue weighted by molar-refractivity contribution is -0.142. The van der Waals surface area contributed by atoms with E-state index in [9.17, 15) is 19.2 Å². The summed E-state index contributed by atoms with van der Waals surface area (Å²) in [7, 11) is 0. The van der Waals surface area contributed by atoms with Crippen LogP contribution < -0.4 is 0 Å². The molecule has 0 fully saturated rings. The first-order valence-electron chi connectivity index (χ1n) is 4.91. The molecule has 8 heteroatoms. The normalized spacial score (nSPS) is 10.3. The van der Waals surface area contributed by atoms with E-state index < -0.39 is 11.9 Å². The molecule has 0 aliphatic rings. The van der Waals surface area contributed by atoms with E-state index in [0.717, 1.165) is 12.2 Å². The van der Waals surface area contributed by atoms with Crippen LogP contribution >= 0.6 is 0 Å². The van der Waals surface area contributed by atoms with Crippen molar-refractivity contribution in [2.75, 3.05) is 0 Å². The standard InChI is InChI=1S/C10H10N2O6/c1-3-7(9(15)17-11-5-13)8(4-2)10(16)18-12-6-14/h3-4H2,1-2H3/b8-7+. The molecule has 0 unspecified atom stereocenters. The molecule has 0 aromatic carbocycles. The Balaban J connectivity index is 5.26. The van der Waals surface area contributed by atoms with E-state index in [-0.39, 0.29) is 24.0 Å². The Labute approximate surface area is 102 Å². The van der Waals surface area contributed by atoms with Gasteiger partial charge in [0.05, 0.1) is 0 Å². The molecular weight excluding hydrogens is 244 g/mol. The van der Waals surface area contributed by atoms with E-state index in [1.165, 1.54) is 0 Å². The monoisotopic (exact) mass is 254 g/mol. The molecule has 0 atom stereocenters. The number of rotatable bonds is 6. The van der Waals surface area contributed by atoms with Crippen LogP contribution in [-0.2, 0) is 28.9 Å². The van der Waals surface area contributed by atoms with Crippen LogP contribution in [0, 0.1) is 0 Å². The first-order chi connectivity index (χ1) is 8.62. The summed E-state index contributed by atoms with van der Waals surface area (Å²) in [5.74, 6) is -1.94. The van der Waals surface area contributed by atoms with Crippen molar-refractivity contribution in [2.24, 2.45) is 10.3 Å². The summed E-state index contributed by atoms with van der Waals surface area (Å²) in [6, 6.07) is 0. The van der Waals surface area contributed by atoms with Gasteiger partial charge in [-0.3, -0.25) is 0 Å². The zero-order valence-corrected chi connectivity index (χ0v) is 9.76. The van der Waals surface area contributed by atoms with Crippen LogP contribution in [-0.4, -0.2) is 24.1 Å². The summed E-state index contributed by atoms with van der Waals surface area (Å²) in [6.07, 6.45) is 2.34. The van der Waals surface area contributed by atoms with Crippen molar-refractivity contribution in [3.05, 3.63) is 11.1 Å². The quantitative estimate of drug-likeness (QED) is 0.226. The highest BCUT2D eigenvalue weighted by Crippen LogP contribution is 2.16. The Morgan fingerprint density at radius 3 is 1.44 bits per heavy atom. The lowest BCUT2D eigenvalue weighted by atomic mass is 10.0. The molecule has 96 valence electrons. The maximum absolute atomic E-state index is 11.4. The van der Waals surface area contributed by atoms with Crippen LogP contribution in [0.2, 0.25) is 0 Å². The van der Waals surface area contributed by atoms with Crippen LogP contribution in [0.5, 0.6) is 0 Å². The third-order valence-electron chi connectivity index (χ3n) is 1.90. The van der Waals surface area contributed by atoms with E-state index >= 15 is 0 Å². The van der Waals surface area contributed by atoms with Gasteiger partial charge in [0.2, 0.25) is 0 Å². The first-order valence-corrected chi connectivity index (χ1v) is 4.91. The third kappa shape index (κ3) is 4.52. The largest absolute Gasteiger partial charge is 0.363 e. The van der Waals surface area contributed by atoms with Crippen LogP contribution in [0.4, 0.5) is 0 Å². The number of carbonyl (C=O) groups is 2. The van der Waals surface area contributed by atoms with Crippen molar-refractivity contribution >= 4 is 24.1 Å². The Morgan fingerprint density at radius 1 is 0.889 bits per heavy atom. The van der Waals surface area contributed by atoms with Crippen molar-refractivity contribution in [3.63, 3.8) is 0 Å². The van der Waals surface area contributed by atoms with Crippen molar-refractivity contribution in [3.8, 4) is 0 Å². The minimum absolute atomic E-state index is 0.0254. The van der Waals surface area contributed by atoms with Gasteiger partial charge in [-0.05, 0) is 12.8 Å². The van der Waals surface area contributed by atoms with Gasteiger partial charge in [0.15, 0.2) is 0 Å². The molecule has 0 aliphatic carbocycles. The van der Waals surface area contributed by atoms with Crippen LogP contribution in [0.25, 0.3) is 0 Å². The average Bonchev–Trinajstić information content (AvgIpc) is 2.39. The lowest BCUT2D eigenvalue weighted by Gasteiger charge is -2.06. The van der Waals surface area contributed by atoms with Crippen molar-refractivity contribution in [1.29, 1.82) is 0 Å². The predicted molar refractivity (Wildman–Crippen MR) is 56.0 cm³/mol. The third-order valence-corrected chi connectivity index (χ3v) is 1.90. The SMILES string of the molecule is CC/C(C(=O)ON=C=O)=C(/CC)C(=O)ON=C=O. The molecule has 0 radical (unpaired) electrons. The Bertz CT molecular complexity index is 413. The molecule has 0 saturated carbocycles. The summed E-state index contributed by atoms with van der Waals surface area (Å²) in [4.78, 5) is 50.8. The van der Waals surface area contributed by atoms with Gasteiger partial charge in [-0.15, -0.1) is 0 Å². The van der Waals surface area contributed by atoms with Gasteiger partial charge < -0.3 is 9.68 Å². The molecule has 0 rings (SSSR count). The van der Waals surface area contributed by atoms with Crippen LogP contribution in [0.1, 0.15) is 26.7 Å². The minimum atomic E-state index is -0.968. The number of isocyanates is 2. The molecule has 0 amide bonds. The summed E-state index contributed by atoms with van der Waals surface area (Å²) in [6.45, 7) is 3.18. The molecule has 0 aromatic rings. The fourth-order valence-electron chi connectivity index (χ4n) is 1.19. The van der Waals surface area contributed by atoms with Crippen molar-refractivity contribution in [2.45, 2.75) is 26.7 Å². The van der Waals surface area contributed by atoms with Crippen LogP contribution in [0.3, 0.4) is 0 Å². The van der Waals surface area contributed by atoms with Crippen LogP contribution in [0.15, 0.2) is 21.5 Å². The molecule has 0 saturated heterocycles. The van der Waals surface area contributed by atoms with Crippen molar-refractivity contribution in [1.82, 2.24) is 0 Å². The fraction of sp³-hybridized carbons (Fsp3) is 0.400. The Kier molecular flexibility index (Phi) is 7.36. The maximum Gasteiger partial charge on any atom is 0.363 e. The molecule has 0 heterocycles. The molecule has 18 heavy (non-hydrogen) atoms. The predicted octanol–water partition coefficient (Wildman–Crippen LogP) is 0.691. The smallest absolute Gasteiger partial charge is 0.302 e. The second kappa shape index (κ2) is 8.58. The molecule has 0 aromatic heterocycles. The van der Waals surface area contributed by atoms with Gasteiger partial charge in [0.25, 0.3) is 12.2 Å². The topological polar surface area (TPSA) is 111 Å². The highest BCUT2D eigenvalue weighted by molar-refractivity contribution is 6.00. The van der Waals surface area contributed by atoms with Crippen molar-refractivity contribution < 1.29 is 28.9 Å². The van der Waals surface area contributed by atoms with Gasteiger partial charge in [-0.2, -0.15) is 0 Å². The molecular formula is C10H10N2O6. The zero-order valence-electron chi connectivity index (χ0n) is 9.76. The first kappa shape index (κ1) is 15.4. The maximum atomic E-state index is 11.4. The van der Waals surface area contributed by atoms with Gasteiger partial charge in [-0.1, -0.05) is 13.8 Å². The fourth-order valence-corrected chi connectivity index (χ4v) is 1.19. The summed E-state index contributed by atoms with van der Waals surface area (Å²) < 4.78 is 0. The Hall–Kier alpha value is -2.56. The summed E-state index contributed by atoms with van der Waals surface area (Å²) in [5.41, 5.74) is -0.0507. The highest BCUT2D eigenvalue weighted by Gasteiger charge is 2.21. The summed E-state index contributed by atoms with van der Waals surface area (Å²) >= 11 is 0. The van der Waals surface area contributed by atoms with Gasteiger partial charge in [-0.25, -0.2) is 19.2 Å². The van der Waals surface area contributed by atoms with E-state index in [0.29, 0.717) is 0 Å². The number of carbonyl (C=O) groups excluding carboxylic acids is 4. The second-order valence-corrected chi connectivity index (χ2v) is 2.79. The molecule has 0 aliphatic heterocycles. The number of hydrogen-bond donors (Lipinski definition) is 0. The van der Waals surface area contributed by atoms with Gasteiger partial charge in [0.1, 0.15) is 0 Å². The molecule has 0 N–H and O–H groups in total.